The number of aliphatic hydroxyl groups is 1. The molecular weight excluding hydrogens is 256 g/mol. The van der Waals surface area contributed by atoms with Crippen molar-refractivity contribution in [2.75, 3.05) is 6.61 Å². The number of hydrogen-bond acceptors (Lipinski definition) is 3. The van der Waals surface area contributed by atoms with Gasteiger partial charge in [-0.05, 0) is 19.9 Å². The molecule has 0 radical (unpaired) electrons. The summed E-state index contributed by atoms with van der Waals surface area (Å²) < 4.78 is 11.2. The number of hydrogen-bond donors (Lipinski definition) is 1. The zero-order valence-electron chi connectivity index (χ0n) is 12.4. The second-order valence-electron chi connectivity index (χ2n) is 6.08. The maximum absolute atomic E-state index is 9.22. The fraction of sp³-hybridized carbons (Fsp3) is 0.600. The number of rotatable bonds is 3. The Kier molecular flexibility index (Phi) is 5.57. The number of aliphatic hydroxyl groups excluding tert-OH is 1. The van der Waals surface area contributed by atoms with Crippen LogP contribution in [0.3, 0.4) is 0 Å². The van der Waals surface area contributed by atoms with Gasteiger partial charge in [0.05, 0.1) is 6.61 Å². The van der Waals surface area contributed by atoms with Crippen LogP contribution >= 0.6 is 0 Å². The first-order valence-electron chi connectivity index (χ1n) is 6.56. The first kappa shape index (κ1) is 16.2. The van der Waals surface area contributed by atoms with Crippen molar-refractivity contribution in [2.24, 2.45) is 0 Å². The summed E-state index contributed by atoms with van der Waals surface area (Å²) in [6.45, 7) is 10.3. The van der Waals surface area contributed by atoms with E-state index in [-0.39, 0.29) is 18.8 Å². The summed E-state index contributed by atoms with van der Waals surface area (Å²) in [5.41, 5.74) is 3.26. The first-order valence-corrected chi connectivity index (χ1v) is 10.1. The largest absolute Gasteiger partial charge is 0.394 e. The minimum Gasteiger partial charge on any atom is -0.394 e. The Hall–Kier alpha value is -0.863. The molecule has 106 valence electrons. The molecule has 1 N–H and O–H groups in total. The van der Waals surface area contributed by atoms with Crippen LogP contribution in [0.25, 0.3) is 0 Å². The average molecular weight is 280 g/mol. The Morgan fingerprint density at radius 1 is 1.21 bits per heavy atom. The standard InChI is InChI=1S/C15H24O3Si/c1-15(2)17-13(14(12-16)18-15)10-8-6-7-9-11-19(3,4)5/h6-8,10,13-14,16H,12H2,1-5H3/t13-,14+/m1/s1. The second-order valence-corrected chi connectivity index (χ2v) is 10.8. The van der Waals surface area contributed by atoms with E-state index in [0.29, 0.717) is 0 Å². The maximum atomic E-state index is 9.22. The number of ether oxygens (including phenoxy) is 2. The van der Waals surface area contributed by atoms with Crippen LogP contribution < -0.4 is 0 Å². The Bertz CT molecular complexity index is 407. The summed E-state index contributed by atoms with van der Waals surface area (Å²) in [5.74, 6) is 2.42. The lowest BCUT2D eigenvalue weighted by atomic mass is 10.2. The molecule has 1 fully saturated rings. The molecule has 1 aliphatic rings. The second kappa shape index (κ2) is 6.53. The molecule has 0 spiro atoms. The van der Waals surface area contributed by atoms with E-state index in [9.17, 15) is 5.11 Å². The van der Waals surface area contributed by atoms with Crippen molar-refractivity contribution in [3.8, 4) is 11.5 Å². The lowest BCUT2D eigenvalue weighted by molar-refractivity contribution is -0.146. The van der Waals surface area contributed by atoms with Gasteiger partial charge in [-0.25, -0.2) is 0 Å². The summed E-state index contributed by atoms with van der Waals surface area (Å²) in [6, 6.07) is 0. The van der Waals surface area contributed by atoms with Crippen LogP contribution in [0.15, 0.2) is 24.3 Å². The van der Waals surface area contributed by atoms with Crippen molar-refractivity contribution in [1.29, 1.82) is 0 Å². The van der Waals surface area contributed by atoms with E-state index in [1.54, 1.807) is 0 Å². The highest BCUT2D eigenvalue weighted by atomic mass is 28.3. The third-order valence-electron chi connectivity index (χ3n) is 2.44. The smallest absolute Gasteiger partial charge is 0.164 e. The van der Waals surface area contributed by atoms with Crippen LogP contribution in [-0.4, -0.2) is 37.8 Å². The minimum absolute atomic E-state index is 0.0441. The molecule has 1 saturated heterocycles. The van der Waals surface area contributed by atoms with E-state index in [2.05, 4.69) is 31.1 Å². The minimum atomic E-state index is -1.29. The van der Waals surface area contributed by atoms with Crippen molar-refractivity contribution in [3.63, 3.8) is 0 Å². The summed E-state index contributed by atoms with van der Waals surface area (Å²) in [5, 5.41) is 9.22. The molecule has 19 heavy (non-hydrogen) atoms. The molecule has 0 aromatic heterocycles. The van der Waals surface area contributed by atoms with Crippen molar-refractivity contribution >= 4 is 8.07 Å². The lowest BCUT2D eigenvalue weighted by Gasteiger charge is -2.15. The fourth-order valence-electron chi connectivity index (χ4n) is 1.70. The van der Waals surface area contributed by atoms with Crippen LogP contribution in [0.2, 0.25) is 19.6 Å². The van der Waals surface area contributed by atoms with Crippen molar-refractivity contribution in [1.82, 2.24) is 0 Å². The van der Waals surface area contributed by atoms with Gasteiger partial charge in [0.25, 0.3) is 0 Å². The number of allylic oxidation sites excluding steroid dienone is 3. The Labute approximate surface area is 117 Å². The van der Waals surface area contributed by atoms with Gasteiger partial charge in [-0.1, -0.05) is 43.8 Å². The van der Waals surface area contributed by atoms with Gasteiger partial charge < -0.3 is 14.6 Å². The van der Waals surface area contributed by atoms with Crippen LogP contribution in [0.1, 0.15) is 13.8 Å². The van der Waals surface area contributed by atoms with E-state index in [0.717, 1.165) is 0 Å². The fourth-order valence-corrected chi connectivity index (χ4v) is 2.22. The van der Waals surface area contributed by atoms with Gasteiger partial charge >= 0.3 is 0 Å². The predicted molar refractivity (Wildman–Crippen MR) is 80.3 cm³/mol. The van der Waals surface area contributed by atoms with Crippen molar-refractivity contribution < 1.29 is 14.6 Å². The Balaban J connectivity index is 2.52. The molecule has 1 aliphatic heterocycles. The van der Waals surface area contributed by atoms with E-state index >= 15 is 0 Å². The van der Waals surface area contributed by atoms with Gasteiger partial charge in [-0.3, -0.25) is 0 Å². The highest BCUT2D eigenvalue weighted by Gasteiger charge is 2.39. The maximum Gasteiger partial charge on any atom is 0.164 e. The highest BCUT2D eigenvalue weighted by molar-refractivity contribution is 6.83. The van der Waals surface area contributed by atoms with Crippen LogP contribution in [0.4, 0.5) is 0 Å². The molecule has 0 aromatic carbocycles. The topological polar surface area (TPSA) is 38.7 Å². The zero-order valence-corrected chi connectivity index (χ0v) is 13.4. The lowest BCUT2D eigenvalue weighted by Crippen LogP contribution is -2.24. The molecule has 0 aliphatic carbocycles. The molecule has 0 amide bonds. The quantitative estimate of drug-likeness (QED) is 0.490. The van der Waals surface area contributed by atoms with E-state index < -0.39 is 13.9 Å². The SMILES string of the molecule is CC1(C)O[C@@H](CO)[C@@H](C=CC=CC#C[Si](C)(C)C)O1. The highest BCUT2D eigenvalue weighted by Crippen LogP contribution is 2.28. The first-order chi connectivity index (χ1) is 8.73. The van der Waals surface area contributed by atoms with Gasteiger partial charge in [-0.15, -0.1) is 5.54 Å². The third kappa shape index (κ3) is 6.21. The molecule has 3 nitrogen and oxygen atoms in total. The average Bonchev–Trinajstić information content (AvgIpc) is 2.57. The van der Waals surface area contributed by atoms with Gasteiger partial charge in [0, 0.05) is 0 Å². The summed E-state index contributed by atoms with van der Waals surface area (Å²) in [7, 11) is -1.29. The van der Waals surface area contributed by atoms with Gasteiger partial charge in [0.2, 0.25) is 0 Å². The van der Waals surface area contributed by atoms with Gasteiger partial charge in [-0.2, -0.15) is 0 Å². The van der Waals surface area contributed by atoms with Gasteiger partial charge in [0.1, 0.15) is 20.3 Å². The summed E-state index contributed by atoms with van der Waals surface area (Å²) in [4.78, 5) is 0. The van der Waals surface area contributed by atoms with E-state index in [4.69, 9.17) is 9.47 Å². The van der Waals surface area contributed by atoms with Gasteiger partial charge in [0.15, 0.2) is 5.79 Å². The van der Waals surface area contributed by atoms with E-state index in [1.165, 1.54) is 0 Å². The molecule has 0 unspecified atom stereocenters. The van der Waals surface area contributed by atoms with Crippen molar-refractivity contribution in [2.45, 2.75) is 51.5 Å². The molecule has 0 aromatic rings. The van der Waals surface area contributed by atoms with Crippen LogP contribution in [0.5, 0.6) is 0 Å². The van der Waals surface area contributed by atoms with Crippen LogP contribution in [0, 0.1) is 11.5 Å². The predicted octanol–water partition coefficient (Wildman–Crippen LogP) is 2.49. The van der Waals surface area contributed by atoms with E-state index in [1.807, 2.05) is 38.2 Å². The molecular formula is C15H24O3Si. The molecule has 2 atom stereocenters. The molecule has 1 rings (SSSR count). The van der Waals surface area contributed by atoms with Crippen LogP contribution in [-0.2, 0) is 9.47 Å². The molecule has 4 heteroatoms. The molecule has 1 heterocycles. The molecule has 0 bridgehead atoms. The summed E-state index contributed by atoms with van der Waals surface area (Å²) >= 11 is 0. The Morgan fingerprint density at radius 3 is 2.47 bits per heavy atom. The Morgan fingerprint density at radius 2 is 1.89 bits per heavy atom. The zero-order chi connectivity index (χ0) is 14.5. The normalized spacial score (nSPS) is 26.8. The van der Waals surface area contributed by atoms with Crippen molar-refractivity contribution in [3.05, 3.63) is 24.3 Å². The monoisotopic (exact) mass is 280 g/mol. The molecule has 0 saturated carbocycles. The summed E-state index contributed by atoms with van der Waals surface area (Å²) in [6.07, 6.45) is 6.99. The third-order valence-corrected chi connectivity index (χ3v) is 3.33.